The van der Waals surface area contributed by atoms with Gasteiger partial charge in [-0.05, 0) is 51.8 Å². The molecule has 0 unspecified atom stereocenters. The van der Waals surface area contributed by atoms with E-state index in [0.29, 0.717) is 30.3 Å². The summed E-state index contributed by atoms with van der Waals surface area (Å²) in [5, 5.41) is 7.04. The molecule has 1 N–H and O–H groups in total. The largest absolute Gasteiger partial charge is 0.482 e. The molecule has 0 spiro atoms. The van der Waals surface area contributed by atoms with Crippen LogP contribution in [0.2, 0.25) is 0 Å². The number of rotatable bonds is 2. The van der Waals surface area contributed by atoms with Crippen LogP contribution in [0.15, 0.2) is 28.8 Å². The fraction of sp³-hybridized carbons (Fsp3) is 0.476. The Balaban J connectivity index is 1.41. The number of fused-ring (bicyclic) bond motifs is 1. The van der Waals surface area contributed by atoms with Crippen molar-refractivity contribution in [2.75, 3.05) is 25.0 Å². The molecule has 1 aromatic heterocycles. The number of likely N-dealkylation sites (tertiary alicyclic amines) is 1. The highest BCUT2D eigenvalue weighted by molar-refractivity contribution is 5.96. The summed E-state index contributed by atoms with van der Waals surface area (Å²) in [4.78, 5) is 25.5. The van der Waals surface area contributed by atoms with Gasteiger partial charge in [0, 0.05) is 30.6 Å². The third kappa shape index (κ3) is 4.36. The van der Waals surface area contributed by atoms with E-state index in [1.165, 1.54) is 0 Å². The quantitative estimate of drug-likeness (QED) is 0.826. The standard InChI is InChI=1S/C21H25N3O5/c1-21(2,3)28-20(26)24-8-6-13(7-9-24)15-11-18(29-23-15)14-4-5-17-16(10-14)22-19(25)12-27-17/h4-5,10-11,13H,6-9,12H2,1-3H3,(H,22,25). The van der Waals surface area contributed by atoms with Gasteiger partial charge in [0.25, 0.3) is 5.91 Å². The minimum atomic E-state index is -0.492. The third-order valence-electron chi connectivity index (χ3n) is 4.99. The molecule has 0 aliphatic carbocycles. The molecule has 1 fully saturated rings. The van der Waals surface area contributed by atoms with Gasteiger partial charge in [0.2, 0.25) is 0 Å². The van der Waals surface area contributed by atoms with Gasteiger partial charge >= 0.3 is 6.09 Å². The molecule has 1 aromatic carbocycles. The number of amides is 2. The van der Waals surface area contributed by atoms with Crippen LogP contribution in [-0.2, 0) is 9.53 Å². The number of ether oxygens (including phenoxy) is 2. The van der Waals surface area contributed by atoms with E-state index in [2.05, 4.69) is 10.5 Å². The van der Waals surface area contributed by atoms with Gasteiger partial charge in [-0.15, -0.1) is 0 Å². The molecule has 0 atom stereocenters. The summed E-state index contributed by atoms with van der Waals surface area (Å²) in [6.07, 6.45) is 1.34. The topological polar surface area (TPSA) is 93.9 Å². The van der Waals surface area contributed by atoms with E-state index < -0.39 is 5.60 Å². The summed E-state index contributed by atoms with van der Waals surface area (Å²) in [5.41, 5.74) is 1.83. The molecule has 1 saturated heterocycles. The normalized spacial score (nSPS) is 17.3. The predicted molar refractivity (Wildman–Crippen MR) is 106 cm³/mol. The van der Waals surface area contributed by atoms with E-state index in [1.54, 1.807) is 4.90 Å². The second-order valence-electron chi connectivity index (χ2n) is 8.41. The average Bonchev–Trinajstić information content (AvgIpc) is 3.16. The van der Waals surface area contributed by atoms with Crippen LogP contribution in [0.3, 0.4) is 0 Å². The second kappa shape index (κ2) is 7.42. The van der Waals surface area contributed by atoms with Crippen LogP contribution in [0.5, 0.6) is 5.75 Å². The Labute approximate surface area is 169 Å². The van der Waals surface area contributed by atoms with E-state index in [-0.39, 0.29) is 24.5 Å². The third-order valence-corrected chi connectivity index (χ3v) is 4.99. The highest BCUT2D eigenvalue weighted by Crippen LogP contribution is 2.35. The predicted octanol–water partition coefficient (Wildman–Crippen LogP) is 3.79. The lowest BCUT2D eigenvalue weighted by Gasteiger charge is -2.32. The van der Waals surface area contributed by atoms with E-state index in [4.69, 9.17) is 14.0 Å². The number of anilines is 1. The van der Waals surface area contributed by atoms with Crippen molar-refractivity contribution in [3.05, 3.63) is 30.0 Å². The van der Waals surface area contributed by atoms with Crippen molar-refractivity contribution in [2.24, 2.45) is 0 Å². The number of hydrogen-bond acceptors (Lipinski definition) is 6. The summed E-state index contributed by atoms with van der Waals surface area (Å²) < 4.78 is 16.4. The maximum absolute atomic E-state index is 12.2. The van der Waals surface area contributed by atoms with Crippen molar-refractivity contribution in [3.8, 4) is 17.1 Å². The molecule has 0 saturated carbocycles. The lowest BCUT2D eigenvalue weighted by Crippen LogP contribution is -2.41. The van der Waals surface area contributed by atoms with Crippen LogP contribution in [-0.4, -0.2) is 47.4 Å². The SMILES string of the molecule is CC(C)(C)OC(=O)N1CCC(c2cc(-c3ccc4c(c3)NC(=O)CO4)on2)CC1. The van der Waals surface area contributed by atoms with Crippen LogP contribution in [0.1, 0.15) is 45.2 Å². The molecule has 2 aromatic rings. The highest BCUT2D eigenvalue weighted by atomic mass is 16.6. The van der Waals surface area contributed by atoms with Crippen LogP contribution in [0.25, 0.3) is 11.3 Å². The highest BCUT2D eigenvalue weighted by Gasteiger charge is 2.29. The molecule has 0 bridgehead atoms. The number of carbonyl (C=O) groups excluding carboxylic acids is 2. The molecule has 0 radical (unpaired) electrons. The van der Waals surface area contributed by atoms with E-state index in [9.17, 15) is 9.59 Å². The summed E-state index contributed by atoms with van der Waals surface area (Å²) >= 11 is 0. The Morgan fingerprint density at radius 2 is 2.00 bits per heavy atom. The summed E-state index contributed by atoms with van der Waals surface area (Å²) in [6, 6.07) is 7.44. The maximum Gasteiger partial charge on any atom is 0.410 e. The Morgan fingerprint density at radius 3 is 2.72 bits per heavy atom. The molecule has 2 aliphatic heterocycles. The van der Waals surface area contributed by atoms with Crippen molar-refractivity contribution in [1.29, 1.82) is 0 Å². The van der Waals surface area contributed by atoms with Gasteiger partial charge in [-0.1, -0.05) is 5.16 Å². The lowest BCUT2D eigenvalue weighted by atomic mass is 9.93. The van der Waals surface area contributed by atoms with Gasteiger partial charge in [-0.25, -0.2) is 4.79 Å². The van der Waals surface area contributed by atoms with Gasteiger partial charge in [-0.2, -0.15) is 0 Å². The summed E-state index contributed by atoms with van der Waals surface area (Å²) in [7, 11) is 0. The zero-order valence-corrected chi connectivity index (χ0v) is 16.9. The van der Waals surface area contributed by atoms with Gasteiger partial charge in [-0.3, -0.25) is 4.79 Å². The molecule has 2 amide bonds. The summed E-state index contributed by atoms with van der Waals surface area (Å²) in [5.74, 6) is 1.33. The smallest absolute Gasteiger partial charge is 0.410 e. The van der Waals surface area contributed by atoms with Crippen molar-refractivity contribution < 1.29 is 23.6 Å². The zero-order valence-electron chi connectivity index (χ0n) is 16.9. The number of hydrogen-bond donors (Lipinski definition) is 1. The zero-order chi connectivity index (χ0) is 20.6. The van der Waals surface area contributed by atoms with Crippen molar-refractivity contribution >= 4 is 17.7 Å². The maximum atomic E-state index is 12.2. The molecule has 4 rings (SSSR count). The fourth-order valence-electron chi connectivity index (χ4n) is 3.54. The first-order chi connectivity index (χ1) is 13.8. The molecule has 2 aliphatic rings. The first-order valence-corrected chi connectivity index (χ1v) is 9.80. The van der Waals surface area contributed by atoms with E-state index in [1.807, 2.05) is 45.0 Å². The average molecular weight is 399 g/mol. The molecule has 8 heteroatoms. The molecular weight excluding hydrogens is 374 g/mol. The lowest BCUT2D eigenvalue weighted by molar-refractivity contribution is -0.118. The number of carbonyl (C=O) groups is 2. The van der Waals surface area contributed by atoms with Gasteiger partial charge in [0.15, 0.2) is 12.4 Å². The number of aromatic nitrogens is 1. The minimum Gasteiger partial charge on any atom is -0.482 e. The monoisotopic (exact) mass is 399 g/mol. The second-order valence-corrected chi connectivity index (χ2v) is 8.41. The van der Waals surface area contributed by atoms with Gasteiger partial charge in [0.1, 0.15) is 11.4 Å². The molecular formula is C21H25N3O5. The van der Waals surface area contributed by atoms with E-state index >= 15 is 0 Å². The van der Waals surface area contributed by atoms with Crippen LogP contribution in [0, 0.1) is 0 Å². The minimum absolute atomic E-state index is 0.0286. The number of benzene rings is 1. The van der Waals surface area contributed by atoms with Crippen LogP contribution >= 0.6 is 0 Å². The van der Waals surface area contributed by atoms with Crippen molar-refractivity contribution in [1.82, 2.24) is 10.1 Å². The molecule has 8 nitrogen and oxygen atoms in total. The Morgan fingerprint density at radius 1 is 1.24 bits per heavy atom. The first-order valence-electron chi connectivity index (χ1n) is 9.80. The number of nitrogens with one attached hydrogen (secondary N) is 1. The van der Waals surface area contributed by atoms with Crippen molar-refractivity contribution in [3.63, 3.8) is 0 Å². The van der Waals surface area contributed by atoms with Crippen LogP contribution in [0.4, 0.5) is 10.5 Å². The van der Waals surface area contributed by atoms with Gasteiger partial charge in [0.05, 0.1) is 11.4 Å². The number of nitrogens with zero attached hydrogens (tertiary/aromatic N) is 2. The molecule has 154 valence electrons. The fourth-order valence-corrected chi connectivity index (χ4v) is 3.54. The van der Waals surface area contributed by atoms with Crippen molar-refractivity contribution in [2.45, 2.75) is 45.1 Å². The van der Waals surface area contributed by atoms with Crippen LogP contribution < -0.4 is 10.1 Å². The van der Waals surface area contributed by atoms with Gasteiger partial charge < -0.3 is 24.2 Å². The molecule has 3 heterocycles. The first kappa shape index (κ1) is 19.3. The Hall–Kier alpha value is -3.03. The Kier molecular flexibility index (Phi) is 4.94. The van der Waals surface area contributed by atoms with E-state index in [0.717, 1.165) is 24.1 Å². The summed E-state index contributed by atoms with van der Waals surface area (Å²) in [6.45, 7) is 6.89. The number of piperidine rings is 1. The Bertz CT molecular complexity index is 923. The molecule has 29 heavy (non-hydrogen) atoms.